The fourth-order valence-corrected chi connectivity index (χ4v) is 3.31. The van der Waals surface area contributed by atoms with E-state index in [1.165, 1.54) is 11.3 Å². The number of β-amino-alcohol motifs (C(OH)–C–C–N with tert-alkyl or cyclic N) is 1. The summed E-state index contributed by atoms with van der Waals surface area (Å²) < 4.78 is 0.543. The van der Waals surface area contributed by atoms with Crippen molar-refractivity contribution in [2.75, 3.05) is 26.2 Å². The minimum absolute atomic E-state index is 0.121. The monoisotopic (exact) mass is 288 g/mol. The van der Waals surface area contributed by atoms with E-state index in [-0.39, 0.29) is 12.0 Å². The molecular weight excluding hydrogens is 272 g/mol. The van der Waals surface area contributed by atoms with E-state index in [0.717, 1.165) is 24.4 Å². The Labute approximate surface area is 116 Å². The van der Waals surface area contributed by atoms with Crippen LogP contribution in [-0.2, 0) is 0 Å². The molecule has 0 aromatic carbocycles. The highest BCUT2D eigenvalue weighted by molar-refractivity contribution is 7.16. The van der Waals surface area contributed by atoms with Crippen molar-refractivity contribution < 1.29 is 9.90 Å². The van der Waals surface area contributed by atoms with Crippen LogP contribution in [0.2, 0.25) is 4.34 Å². The molecule has 18 heavy (non-hydrogen) atoms. The van der Waals surface area contributed by atoms with Gasteiger partial charge in [0.25, 0.3) is 5.91 Å². The van der Waals surface area contributed by atoms with E-state index in [1.54, 1.807) is 0 Å². The Morgan fingerprint density at radius 1 is 1.72 bits per heavy atom. The Bertz CT molecular complexity index is 436. The van der Waals surface area contributed by atoms with Gasteiger partial charge in [0.1, 0.15) is 4.34 Å². The lowest BCUT2D eigenvalue weighted by molar-refractivity contribution is 0.0949. The van der Waals surface area contributed by atoms with Gasteiger partial charge in [0, 0.05) is 31.1 Å². The van der Waals surface area contributed by atoms with Crippen molar-refractivity contribution in [2.24, 2.45) is 0 Å². The third-order valence-corrected chi connectivity index (χ3v) is 4.29. The van der Waals surface area contributed by atoms with Crippen LogP contribution in [0.5, 0.6) is 0 Å². The first-order valence-electron chi connectivity index (χ1n) is 6.01. The molecule has 1 aromatic rings. The van der Waals surface area contributed by atoms with Gasteiger partial charge >= 0.3 is 0 Å². The van der Waals surface area contributed by atoms with E-state index < -0.39 is 0 Å². The van der Waals surface area contributed by atoms with Crippen LogP contribution in [0, 0.1) is 6.92 Å². The van der Waals surface area contributed by atoms with Crippen molar-refractivity contribution in [3.05, 3.63) is 20.8 Å². The molecule has 1 aromatic heterocycles. The molecule has 0 saturated carbocycles. The molecule has 0 bridgehead atoms. The molecular formula is C12H17ClN2O2S. The Morgan fingerprint density at radius 3 is 3.06 bits per heavy atom. The van der Waals surface area contributed by atoms with Gasteiger partial charge in [-0.2, -0.15) is 0 Å². The van der Waals surface area contributed by atoms with Crippen molar-refractivity contribution in [1.29, 1.82) is 0 Å². The molecule has 1 atom stereocenters. The normalized spacial score (nSPS) is 20.3. The van der Waals surface area contributed by atoms with Crippen molar-refractivity contribution in [2.45, 2.75) is 19.4 Å². The Kier molecular flexibility index (Phi) is 4.61. The van der Waals surface area contributed by atoms with Crippen LogP contribution in [0.15, 0.2) is 6.07 Å². The number of hydrogen-bond donors (Lipinski definition) is 2. The van der Waals surface area contributed by atoms with Crippen LogP contribution < -0.4 is 5.32 Å². The second-order valence-electron chi connectivity index (χ2n) is 4.54. The maximum Gasteiger partial charge on any atom is 0.253 e. The lowest BCUT2D eigenvalue weighted by Crippen LogP contribution is -2.34. The molecule has 2 heterocycles. The predicted molar refractivity (Wildman–Crippen MR) is 73.5 cm³/mol. The van der Waals surface area contributed by atoms with E-state index in [0.29, 0.717) is 23.0 Å². The molecule has 0 radical (unpaired) electrons. The molecule has 1 amide bonds. The standard InChI is InChI=1S/C12H17ClN2O2S/c1-8-6-10(11(13)18-8)12(17)14-3-5-15-4-2-9(16)7-15/h6,9,16H,2-5,7H2,1H3,(H,14,17). The number of thiophene rings is 1. The first kappa shape index (κ1) is 13.8. The molecule has 0 spiro atoms. The minimum atomic E-state index is -0.213. The van der Waals surface area contributed by atoms with Crippen LogP contribution in [0.1, 0.15) is 21.7 Å². The topological polar surface area (TPSA) is 52.6 Å². The van der Waals surface area contributed by atoms with Crippen LogP contribution in [-0.4, -0.2) is 48.2 Å². The fraction of sp³-hybridized carbons (Fsp3) is 0.583. The average molecular weight is 289 g/mol. The molecule has 1 aliphatic heterocycles. The number of aliphatic hydroxyl groups is 1. The number of carbonyl (C=O) groups excluding carboxylic acids is 1. The molecule has 100 valence electrons. The smallest absolute Gasteiger partial charge is 0.253 e. The number of aliphatic hydroxyl groups excluding tert-OH is 1. The van der Waals surface area contributed by atoms with Gasteiger partial charge < -0.3 is 10.4 Å². The number of hydrogen-bond acceptors (Lipinski definition) is 4. The number of amides is 1. The summed E-state index contributed by atoms with van der Waals surface area (Å²) in [4.78, 5) is 15.0. The van der Waals surface area contributed by atoms with Gasteiger partial charge in [-0.15, -0.1) is 11.3 Å². The number of aryl methyl sites for hydroxylation is 1. The summed E-state index contributed by atoms with van der Waals surface area (Å²) in [6.07, 6.45) is 0.610. The predicted octanol–water partition coefficient (Wildman–Crippen LogP) is 1.51. The lowest BCUT2D eigenvalue weighted by Gasteiger charge is -2.14. The van der Waals surface area contributed by atoms with Gasteiger partial charge in [0.05, 0.1) is 11.7 Å². The van der Waals surface area contributed by atoms with Crippen LogP contribution in [0.4, 0.5) is 0 Å². The highest BCUT2D eigenvalue weighted by atomic mass is 35.5. The molecule has 2 rings (SSSR count). The number of carbonyl (C=O) groups is 1. The van der Waals surface area contributed by atoms with Gasteiger partial charge in [-0.05, 0) is 19.4 Å². The largest absolute Gasteiger partial charge is 0.392 e. The third-order valence-electron chi connectivity index (χ3n) is 3.02. The molecule has 1 unspecified atom stereocenters. The highest BCUT2D eigenvalue weighted by Crippen LogP contribution is 2.26. The van der Waals surface area contributed by atoms with Gasteiger partial charge in [0.15, 0.2) is 0 Å². The molecule has 6 heteroatoms. The summed E-state index contributed by atoms with van der Waals surface area (Å²) in [6.45, 7) is 4.88. The summed E-state index contributed by atoms with van der Waals surface area (Å²) >= 11 is 7.40. The van der Waals surface area contributed by atoms with E-state index in [9.17, 15) is 9.90 Å². The van der Waals surface area contributed by atoms with Gasteiger partial charge in [-0.25, -0.2) is 0 Å². The van der Waals surface area contributed by atoms with Crippen molar-refractivity contribution in [3.8, 4) is 0 Å². The molecule has 1 aliphatic rings. The van der Waals surface area contributed by atoms with Crippen LogP contribution in [0.3, 0.4) is 0 Å². The molecule has 0 aliphatic carbocycles. The van der Waals surface area contributed by atoms with E-state index in [4.69, 9.17) is 11.6 Å². The van der Waals surface area contributed by atoms with Crippen molar-refractivity contribution in [1.82, 2.24) is 10.2 Å². The summed E-state index contributed by atoms with van der Waals surface area (Å²) in [5, 5.41) is 12.2. The van der Waals surface area contributed by atoms with Crippen molar-refractivity contribution in [3.63, 3.8) is 0 Å². The van der Waals surface area contributed by atoms with E-state index in [2.05, 4.69) is 10.2 Å². The first-order valence-corrected chi connectivity index (χ1v) is 7.20. The molecule has 1 fully saturated rings. The Balaban J connectivity index is 1.77. The van der Waals surface area contributed by atoms with Crippen LogP contribution in [0.25, 0.3) is 0 Å². The number of nitrogens with one attached hydrogen (secondary N) is 1. The number of likely N-dealkylation sites (tertiary alicyclic amines) is 1. The maximum atomic E-state index is 11.9. The maximum absolute atomic E-state index is 11.9. The Morgan fingerprint density at radius 2 is 2.50 bits per heavy atom. The third kappa shape index (κ3) is 3.45. The number of nitrogens with zero attached hydrogens (tertiary/aromatic N) is 1. The zero-order chi connectivity index (χ0) is 13.1. The summed E-state index contributed by atoms with van der Waals surface area (Å²) in [5.41, 5.74) is 0.556. The zero-order valence-electron chi connectivity index (χ0n) is 10.3. The van der Waals surface area contributed by atoms with Gasteiger partial charge in [-0.1, -0.05) is 11.6 Å². The summed E-state index contributed by atoms with van der Waals surface area (Å²) in [5.74, 6) is -0.121. The SMILES string of the molecule is Cc1cc(C(=O)NCCN2CCC(O)C2)c(Cl)s1. The minimum Gasteiger partial charge on any atom is -0.392 e. The highest BCUT2D eigenvalue weighted by Gasteiger charge is 2.20. The summed E-state index contributed by atoms with van der Waals surface area (Å²) in [7, 11) is 0. The quantitative estimate of drug-likeness (QED) is 0.883. The Hall–Kier alpha value is -0.620. The lowest BCUT2D eigenvalue weighted by atomic mass is 10.3. The summed E-state index contributed by atoms with van der Waals surface area (Å²) in [6, 6.07) is 1.81. The number of rotatable bonds is 4. The first-order chi connectivity index (χ1) is 8.56. The second kappa shape index (κ2) is 6.02. The van der Waals surface area contributed by atoms with Gasteiger partial charge in [0.2, 0.25) is 0 Å². The van der Waals surface area contributed by atoms with Gasteiger partial charge in [-0.3, -0.25) is 9.69 Å². The second-order valence-corrected chi connectivity index (χ2v) is 6.40. The molecule has 2 N–H and O–H groups in total. The average Bonchev–Trinajstić information content (AvgIpc) is 2.85. The zero-order valence-corrected chi connectivity index (χ0v) is 11.9. The van der Waals surface area contributed by atoms with Crippen LogP contribution >= 0.6 is 22.9 Å². The molecule has 1 saturated heterocycles. The van der Waals surface area contributed by atoms with E-state index >= 15 is 0 Å². The van der Waals surface area contributed by atoms with Crippen molar-refractivity contribution >= 4 is 28.8 Å². The number of halogens is 1. The molecule has 4 nitrogen and oxygen atoms in total. The fourth-order valence-electron chi connectivity index (χ4n) is 2.08. The van der Waals surface area contributed by atoms with E-state index in [1.807, 2.05) is 13.0 Å².